The van der Waals surface area contributed by atoms with Gasteiger partial charge in [-0.15, -0.1) is 0 Å². The molecule has 0 unspecified atom stereocenters. The average molecular weight is 366 g/mol. The molecule has 2 aromatic carbocycles. The minimum absolute atomic E-state index is 0.00650. The number of halogens is 1. The number of amides is 1. The van der Waals surface area contributed by atoms with Gasteiger partial charge in [0, 0.05) is 35.1 Å². The third-order valence-electron chi connectivity index (χ3n) is 5.36. The van der Waals surface area contributed by atoms with Crippen LogP contribution in [0.15, 0.2) is 59.8 Å². The second-order valence-electron chi connectivity index (χ2n) is 7.16. The molecule has 0 spiro atoms. The van der Waals surface area contributed by atoms with Crippen molar-refractivity contribution < 1.29 is 9.59 Å². The van der Waals surface area contributed by atoms with E-state index in [4.69, 9.17) is 11.6 Å². The van der Waals surface area contributed by atoms with Crippen LogP contribution < -0.4 is 5.32 Å². The van der Waals surface area contributed by atoms with Gasteiger partial charge >= 0.3 is 0 Å². The number of allylic oxidation sites excluding steroid dienone is 2. The fourth-order valence-electron chi connectivity index (χ4n) is 4.07. The number of hydrogen-bond acceptors (Lipinski definition) is 2. The molecule has 132 valence electrons. The molecule has 0 fully saturated rings. The number of nitrogens with one attached hydrogen (secondary N) is 1. The van der Waals surface area contributed by atoms with Crippen molar-refractivity contribution in [3.05, 3.63) is 81.5 Å². The standard InChI is InChI=1S/C22H20ClNO2/c1-13-6-8-14(9-7-13)17-12-21(26)24-19-10-15(11-20(25)22(17)19)16-4-2-3-5-18(16)23/h2-9,15,17H,10-12H2,1H3,(H,24,26)/t15-,17-/m1/s1. The highest BCUT2D eigenvalue weighted by Crippen LogP contribution is 2.43. The van der Waals surface area contributed by atoms with Crippen LogP contribution in [0.5, 0.6) is 0 Å². The van der Waals surface area contributed by atoms with Crippen molar-refractivity contribution in [1.29, 1.82) is 0 Å². The predicted octanol–water partition coefficient (Wildman–Crippen LogP) is 4.65. The molecule has 0 bridgehead atoms. The third kappa shape index (κ3) is 3.08. The molecule has 0 aromatic heterocycles. The van der Waals surface area contributed by atoms with Crippen LogP contribution in [-0.2, 0) is 9.59 Å². The van der Waals surface area contributed by atoms with Crippen molar-refractivity contribution in [2.45, 2.75) is 38.0 Å². The van der Waals surface area contributed by atoms with E-state index in [1.807, 2.05) is 55.5 Å². The van der Waals surface area contributed by atoms with Crippen molar-refractivity contribution in [1.82, 2.24) is 5.32 Å². The van der Waals surface area contributed by atoms with Crippen LogP contribution in [-0.4, -0.2) is 11.7 Å². The highest BCUT2D eigenvalue weighted by atomic mass is 35.5. The van der Waals surface area contributed by atoms with Gasteiger partial charge < -0.3 is 5.32 Å². The highest BCUT2D eigenvalue weighted by molar-refractivity contribution is 6.31. The van der Waals surface area contributed by atoms with Gasteiger partial charge in [-0.3, -0.25) is 9.59 Å². The normalized spacial score (nSPS) is 22.8. The summed E-state index contributed by atoms with van der Waals surface area (Å²) in [7, 11) is 0. The number of hydrogen-bond donors (Lipinski definition) is 1. The SMILES string of the molecule is Cc1ccc([C@H]2CC(=O)NC3=C2C(=O)C[C@H](c2ccccc2Cl)C3)cc1. The first-order chi connectivity index (χ1) is 12.5. The van der Waals surface area contributed by atoms with E-state index in [0.717, 1.165) is 28.0 Å². The van der Waals surface area contributed by atoms with Crippen molar-refractivity contribution in [3.8, 4) is 0 Å². The van der Waals surface area contributed by atoms with Gasteiger partial charge in [-0.1, -0.05) is 59.6 Å². The second kappa shape index (κ2) is 6.73. The highest BCUT2D eigenvalue weighted by Gasteiger charge is 2.38. The van der Waals surface area contributed by atoms with Crippen LogP contribution in [0.25, 0.3) is 0 Å². The van der Waals surface area contributed by atoms with Gasteiger partial charge in [0.05, 0.1) is 0 Å². The quantitative estimate of drug-likeness (QED) is 0.841. The first kappa shape index (κ1) is 17.0. The Bertz CT molecular complexity index is 914. The minimum Gasteiger partial charge on any atom is -0.329 e. The van der Waals surface area contributed by atoms with Crippen molar-refractivity contribution >= 4 is 23.3 Å². The van der Waals surface area contributed by atoms with E-state index in [2.05, 4.69) is 5.32 Å². The van der Waals surface area contributed by atoms with Gasteiger partial charge in [-0.2, -0.15) is 0 Å². The Balaban J connectivity index is 1.73. The summed E-state index contributed by atoms with van der Waals surface area (Å²) < 4.78 is 0. The van der Waals surface area contributed by atoms with E-state index in [0.29, 0.717) is 24.3 Å². The van der Waals surface area contributed by atoms with Crippen LogP contribution in [0.1, 0.15) is 47.8 Å². The maximum Gasteiger partial charge on any atom is 0.225 e. The molecule has 4 heteroatoms. The zero-order chi connectivity index (χ0) is 18.3. The van der Waals surface area contributed by atoms with Gasteiger partial charge in [-0.05, 0) is 36.5 Å². The first-order valence-corrected chi connectivity index (χ1v) is 9.28. The molecule has 0 radical (unpaired) electrons. The molecule has 1 aliphatic carbocycles. The molecule has 2 aromatic rings. The minimum atomic E-state index is -0.154. The first-order valence-electron chi connectivity index (χ1n) is 8.90. The van der Waals surface area contributed by atoms with Gasteiger partial charge in [0.1, 0.15) is 0 Å². The van der Waals surface area contributed by atoms with Crippen molar-refractivity contribution in [2.75, 3.05) is 0 Å². The number of aryl methyl sites for hydroxylation is 1. The molecule has 0 saturated carbocycles. The molecule has 1 heterocycles. The maximum absolute atomic E-state index is 13.0. The molecule has 2 aliphatic rings. The molecule has 26 heavy (non-hydrogen) atoms. The summed E-state index contributed by atoms with van der Waals surface area (Å²) in [4.78, 5) is 25.3. The number of Topliss-reactive ketones (excluding diaryl/α,β-unsaturated/α-hetero) is 1. The Morgan fingerprint density at radius 2 is 1.69 bits per heavy atom. The molecule has 0 saturated heterocycles. The fourth-order valence-corrected chi connectivity index (χ4v) is 4.36. The Kier molecular flexibility index (Phi) is 4.41. The number of rotatable bonds is 2. The number of carbonyl (C=O) groups is 2. The number of benzene rings is 2. The maximum atomic E-state index is 13.0. The summed E-state index contributed by atoms with van der Waals surface area (Å²) >= 11 is 6.33. The summed E-state index contributed by atoms with van der Waals surface area (Å²) in [5.41, 5.74) is 4.71. The zero-order valence-electron chi connectivity index (χ0n) is 14.6. The largest absolute Gasteiger partial charge is 0.329 e. The lowest BCUT2D eigenvalue weighted by molar-refractivity contribution is -0.122. The van der Waals surface area contributed by atoms with Crippen LogP contribution in [0.2, 0.25) is 5.02 Å². The lowest BCUT2D eigenvalue weighted by Gasteiger charge is -2.34. The molecule has 1 aliphatic heterocycles. The molecule has 4 rings (SSSR count). The molecule has 1 N–H and O–H groups in total. The molecule has 2 atom stereocenters. The fraction of sp³-hybridized carbons (Fsp3) is 0.273. The predicted molar refractivity (Wildman–Crippen MR) is 102 cm³/mol. The lowest BCUT2D eigenvalue weighted by atomic mass is 9.73. The monoisotopic (exact) mass is 365 g/mol. The Hall–Kier alpha value is -2.39. The number of ketones is 1. The van der Waals surface area contributed by atoms with Crippen LogP contribution in [0.3, 0.4) is 0 Å². The summed E-state index contributed by atoms with van der Waals surface area (Å²) in [6, 6.07) is 15.7. The van der Waals surface area contributed by atoms with Crippen molar-refractivity contribution in [2.24, 2.45) is 0 Å². The molecule has 3 nitrogen and oxygen atoms in total. The van der Waals surface area contributed by atoms with Gasteiger partial charge in [-0.25, -0.2) is 0 Å². The van der Waals surface area contributed by atoms with Crippen LogP contribution in [0, 0.1) is 6.92 Å². The zero-order valence-corrected chi connectivity index (χ0v) is 15.3. The van der Waals surface area contributed by atoms with Gasteiger partial charge in [0.25, 0.3) is 0 Å². The summed E-state index contributed by atoms with van der Waals surface area (Å²) in [6.45, 7) is 2.03. The number of carbonyl (C=O) groups excluding carboxylic acids is 2. The molecule has 1 amide bonds. The smallest absolute Gasteiger partial charge is 0.225 e. The van der Waals surface area contributed by atoms with E-state index < -0.39 is 0 Å². The van der Waals surface area contributed by atoms with Gasteiger partial charge in [0.15, 0.2) is 5.78 Å². The van der Waals surface area contributed by atoms with Gasteiger partial charge in [0.2, 0.25) is 5.91 Å². The molecular weight excluding hydrogens is 346 g/mol. The lowest BCUT2D eigenvalue weighted by Crippen LogP contribution is -2.38. The Morgan fingerprint density at radius 3 is 2.42 bits per heavy atom. The summed E-state index contributed by atoms with van der Waals surface area (Å²) in [6.07, 6.45) is 1.39. The molecular formula is C22H20ClNO2. The van der Waals surface area contributed by atoms with E-state index >= 15 is 0 Å². The Labute approximate surface area is 158 Å². The van der Waals surface area contributed by atoms with Crippen molar-refractivity contribution in [3.63, 3.8) is 0 Å². The average Bonchev–Trinajstić information content (AvgIpc) is 2.61. The topological polar surface area (TPSA) is 46.2 Å². The van der Waals surface area contributed by atoms with E-state index in [9.17, 15) is 9.59 Å². The van der Waals surface area contributed by atoms with E-state index in [1.165, 1.54) is 0 Å². The van der Waals surface area contributed by atoms with Crippen LogP contribution in [0.4, 0.5) is 0 Å². The van der Waals surface area contributed by atoms with Crippen LogP contribution >= 0.6 is 11.6 Å². The Morgan fingerprint density at radius 1 is 0.962 bits per heavy atom. The van der Waals surface area contributed by atoms with E-state index in [1.54, 1.807) is 0 Å². The third-order valence-corrected chi connectivity index (χ3v) is 5.71. The van der Waals surface area contributed by atoms with E-state index in [-0.39, 0.29) is 23.5 Å². The summed E-state index contributed by atoms with van der Waals surface area (Å²) in [5, 5.41) is 3.63. The second-order valence-corrected chi connectivity index (χ2v) is 7.56. The summed E-state index contributed by atoms with van der Waals surface area (Å²) in [5.74, 6) is -0.0604.